The van der Waals surface area contributed by atoms with E-state index in [1.807, 2.05) is 10.6 Å². The van der Waals surface area contributed by atoms with E-state index in [9.17, 15) is 9.90 Å². The van der Waals surface area contributed by atoms with E-state index in [1.165, 1.54) is 6.07 Å². The van der Waals surface area contributed by atoms with E-state index in [1.54, 1.807) is 30.6 Å². The van der Waals surface area contributed by atoms with Gasteiger partial charge in [0.05, 0.1) is 6.61 Å². The Morgan fingerprint density at radius 2 is 2.15 bits per heavy atom. The highest BCUT2D eigenvalue weighted by Gasteiger charge is 2.12. The van der Waals surface area contributed by atoms with E-state index in [0.29, 0.717) is 47.1 Å². The first-order valence-corrected chi connectivity index (χ1v) is 8.60. The van der Waals surface area contributed by atoms with E-state index in [2.05, 4.69) is 31.1 Å². The summed E-state index contributed by atoms with van der Waals surface area (Å²) in [6, 6.07) is 10.2. The third-order valence-corrected chi connectivity index (χ3v) is 4.08. The van der Waals surface area contributed by atoms with Gasteiger partial charge in [0.2, 0.25) is 0 Å². The number of anilines is 1. The Hall–Kier alpha value is -2.94. The Morgan fingerprint density at radius 3 is 2.92 bits per heavy atom. The highest BCUT2D eigenvalue weighted by molar-refractivity contribution is 9.10. The number of ether oxygens (including phenoxy) is 1. The zero-order chi connectivity index (χ0) is 18.5. The predicted molar refractivity (Wildman–Crippen MR) is 98.9 cm³/mol. The number of hydrogen-bond donors (Lipinski definition) is 2. The van der Waals surface area contributed by atoms with Gasteiger partial charge >= 0.3 is 5.97 Å². The summed E-state index contributed by atoms with van der Waals surface area (Å²) in [6.45, 7) is 0.946. The van der Waals surface area contributed by atoms with Crippen molar-refractivity contribution in [2.45, 2.75) is 13.0 Å². The number of benzene rings is 1. The summed E-state index contributed by atoms with van der Waals surface area (Å²) >= 11 is 3.26. The highest BCUT2D eigenvalue weighted by Crippen LogP contribution is 2.23. The van der Waals surface area contributed by atoms with Crippen molar-refractivity contribution in [3.8, 4) is 17.3 Å². The van der Waals surface area contributed by atoms with Crippen LogP contribution in [0.5, 0.6) is 5.75 Å². The molecule has 0 saturated heterocycles. The van der Waals surface area contributed by atoms with Crippen LogP contribution in [0.25, 0.3) is 11.5 Å². The molecule has 1 aromatic carbocycles. The number of aromatic carboxylic acids is 1. The van der Waals surface area contributed by atoms with Gasteiger partial charge in [0.15, 0.2) is 5.82 Å². The van der Waals surface area contributed by atoms with Crippen LogP contribution in [0, 0.1) is 0 Å². The van der Waals surface area contributed by atoms with Crippen molar-refractivity contribution in [1.82, 2.24) is 19.7 Å². The minimum absolute atomic E-state index is 0.119. The molecule has 134 valence electrons. The van der Waals surface area contributed by atoms with Crippen LogP contribution in [0.3, 0.4) is 0 Å². The molecule has 3 rings (SSSR count). The van der Waals surface area contributed by atoms with Gasteiger partial charge in [0.25, 0.3) is 0 Å². The Bertz CT molecular complexity index is 928. The zero-order valence-electron chi connectivity index (χ0n) is 13.7. The number of carbonyl (C=O) groups is 1. The summed E-state index contributed by atoms with van der Waals surface area (Å²) in [6.07, 6.45) is 2.25. The van der Waals surface area contributed by atoms with Crippen LogP contribution < -0.4 is 10.5 Å². The zero-order valence-corrected chi connectivity index (χ0v) is 15.3. The average Bonchev–Trinajstić information content (AvgIpc) is 3.08. The standard InChI is InChI=1S/C17H16BrN5O3/c18-11-5-6-14(12(9-11)17(24)25)26-8-2-7-23-10-20-22-16(23)13-3-1-4-15(19)21-13/h1,3-6,9-10H,2,7-8H2,(H2,19,21)(H,24,25). The fraction of sp³-hybridized carbons (Fsp3) is 0.176. The minimum Gasteiger partial charge on any atom is -0.493 e. The number of nitrogens with zero attached hydrogens (tertiary/aromatic N) is 4. The molecule has 2 aromatic heterocycles. The van der Waals surface area contributed by atoms with Crippen molar-refractivity contribution in [2.75, 3.05) is 12.3 Å². The van der Waals surface area contributed by atoms with Crippen LogP contribution in [0.4, 0.5) is 5.82 Å². The number of halogens is 1. The van der Waals surface area contributed by atoms with Crippen LogP contribution in [-0.2, 0) is 6.54 Å². The van der Waals surface area contributed by atoms with Crippen molar-refractivity contribution >= 4 is 27.7 Å². The molecule has 0 aliphatic rings. The second-order valence-electron chi connectivity index (χ2n) is 5.44. The number of rotatable bonds is 7. The highest BCUT2D eigenvalue weighted by atomic mass is 79.9. The first-order valence-electron chi connectivity index (χ1n) is 7.81. The molecule has 3 aromatic rings. The molecule has 0 spiro atoms. The van der Waals surface area contributed by atoms with Crippen LogP contribution >= 0.6 is 15.9 Å². The van der Waals surface area contributed by atoms with Crippen molar-refractivity contribution in [1.29, 1.82) is 0 Å². The maximum atomic E-state index is 11.3. The Balaban J connectivity index is 1.62. The fourth-order valence-electron chi connectivity index (χ4n) is 2.41. The molecule has 3 N–H and O–H groups in total. The lowest BCUT2D eigenvalue weighted by molar-refractivity contribution is 0.0692. The van der Waals surface area contributed by atoms with Gasteiger partial charge in [0, 0.05) is 11.0 Å². The fourth-order valence-corrected chi connectivity index (χ4v) is 2.77. The summed E-state index contributed by atoms with van der Waals surface area (Å²) < 4.78 is 8.16. The maximum Gasteiger partial charge on any atom is 0.339 e. The van der Waals surface area contributed by atoms with Gasteiger partial charge in [-0.1, -0.05) is 22.0 Å². The third-order valence-electron chi connectivity index (χ3n) is 3.59. The number of aryl methyl sites for hydroxylation is 1. The molecule has 0 bridgehead atoms. The van der Waals surface area contributed by atoms with Crippen LogP contribution in [0.2, 0.25) is 0 Å². The largest absolute Gasteiger partial charge is 0.493 e. The van der Waals surface area contributed by atoms with Gasteiger partial charge < -0.3 is 20.1 Å². The number of nitrogen functional groups attached to an aromatic ring is 1. The summed E-state index contributed by atoms with van der Waals surface area (Å²) in [7, 11) is 0. The predicted octanol–water partition coefficient (Wildman–Crippen LogP) is 2.85. The molecule has 0 aliphatic carbocycles. The van der Waals surface area contributed by atoms with Gasteiger partial charge in [-0.15, -0.1) is 10.2 Å². The third kappa shape index (κ3) is 4.17. The quantitative estimate of drug-likeness (QED) is 0.567. The molecule has 26 heavy (non-hydrogen) atoms. The molecule has 8 nitrogen and oxygen atoms in total. The lowest BCUT2D eigenvalue weighted by atomic mass is 10.2. The maximum absolute atomic E-state index is 11.3. The molecule has 0 radical (unpaired) electrons. The van der Waals surface area contributed by atoms with Crippen molar-refractivity contribution in [3.63, 3.8) is 0 Å². The minimum atomic E-state index is -1.03. The number of carboxylic acids is 1. The lowest BCUT2D eigenvalue weighted by Crippen LogP contribution is -2.08. The second-order valence-corrected chi connectivity index (χ2v) is 6.36. The number of hydrogen-bond acceptors (Lipinski definition) is 6. The van der Waals surface area contributed by atoms with Crippen molar-refractivity contribution in [2.24, 2.45) is 0 Å². The second kappa shape index (κ2) is 7.96. The number of aromatic nitrogens is 4. The number of nitrogens with two attached hydrogens (primary N) is 1. The Morgan fingerprint density at radius 1 is 1.31 bits per heavy atom. The van der Waals surface area contributed by atoms with Crippen molar-refractivity contribution < 1.29 is 14.6 Å². The summed E-state index contributed by atoms with van der Waals surface area (Å²) in [5, 5.41) is 17.2. The van der Waals surface area contributed by atoms with E-state index in [-0.39, 0.29) is 5.56 Å². The molecule has 0 amide bonds. The van der Waals surface area contributed by atoms with Gasteiger partial charge in [-0.25, -0.2) is 9.78 Å². The summed E-state index contributed by atoms with van der Waals surface area (Å²) in [5.74, 6) is 0.335. The van der Waals surface area contributed by atoms with Gasteiger partial charge in [-0.3, -0.25) is 0 Å². The topological polar surface area (TPSA) is 116 Å². The summed E-state index contributed by atoms with van der Waals surface area (Å²) in [5.41, 5.74) is 6.47. The average molecular weight is 418 g/mol. The van der Waals surface area contributed by atoms with E-state index < -0.39 is 5.97 Å². The van der Waals surface area contributed by atoms with E-state index in [4.69, 9.17) is 10.5 Å². The van der Waals surface area contributed by atoms with Crippen molar-refractivity contribution in [3.05, 3.63) is 52.8 Å². The van der Waals surface area contributed by atoms with E-state index >= 15 is 0 Å². The van der Waals surface area contributed by atoms with Crippen LogP contribution in [0.1, 0.15) is 16.8 Å². The van der Waals surface area contributed by atoms with Crippen LogP contribution in [0.15, 0.2) is 47.2 Å². The molecule has 2 heterocycles. The lowest BCUT2D eigenvalue weighted by Gasteiger charge is -2.10. The Kier molecular flexibility index (Phi) is 5.47. The summed E-state index contributed by atoms with van der Waals surface area (Å²) in [4.78, 5) is 15.5. The molecular formula is C17H16BrN5O3. The molecule has 0 fully saturated rings. The van der Waals surface area contributed by atoms with Gasteiger partial charge in [0.1, 0.15) is 29.2 Å². The molecule has 9 heteroatoms. The molecule has 0 atom stereocenters. The normalized spacial score (nSPS) is 10.7. The monoisotopic (exact) mass is 417 g/mol. The van der Waals surface area contributed by atoms with Gasteiger partial charge in [-0.2, -0.15) is 0 Å². The van der Waals surface area contributed by atoms with Crippen LogP contribution in [-0.4, -0.2) is 37.4 Å². The molecule has 0 unspecified atom stereocenters. The number of pyridine rings is 1. The molecule has 0 saturated carbocycles. The molecular weight excluding hydrogens is 402 g/mol. The van der Waals surface area contributed by atoms with E-state index in [0.717, 1.165) is 0 Å². The van der Waals surface area contributed by atoms with Gasteiger partial charge in [-0.05, 0) is 36.8 Å². The first kappa shape index (κ1) is 17.9. The molecule has 0 aliphatic heterocycles. The SMILES string of the molecule is Nc1cccc(-c2nncn2CCCOc2ccc(Br)cc2C(=O)O)n1. The smallest absolute Gasteiger partial charge is 0.339 e. The Labute approximate surface area is 157 Å². The first-order chi connectivity index (χ1) is 12.5. The number of carboxylic acid groups (broad SMARTS) is 1.